The number of nitrogens with one attached hydrogen (secondary N) is 1. The molecule has 0 saturated carbocycles. The Hall–Kier alpha value is -1.74. The third-order valence-corrected chi connectivity index (χ3v) is 3.14. The third kappa shape index (κ3) is 1.46. The third-order valence-electron chi connectivity index (χ3n) is 2.94. The summed E-state index contributed by atoms with van der Waals surface area (Å²) >= 11 is 6.01. The van der Waals surface area contributed by atoms with Gasteiger partial charge in [-0.15, -0.1) is 0 Å². The van der Waals surface area contributed by atoms with Crippen molar-refractivity contribution in [2.45, 2.75) is 6.92 Å². The summed E-state index contributed by atoms with van der Waals surface area (Å²) in [5.41, 5.74) is 2.94. The van der Waals surface area contributed by atoms with E-state index in [0.717, 1.165) is 33.2 Å². The summed E-state index contributed by atoms with van der Waals surface area (Å²) in [5, 5.41) is 2.61. The molecule has 17 heavy (non-hydrogen) atoms. The van der Waals surface area contributed by atoms with Crippen LogP contribution in [-0.2, 0) is 0 Å². The lowest BCUT2D eigenvalue weighted by atomic mass is 10.1. The van der Waals surface area contributed by atoms with Gasteiger partial charge in [-0.25, -0.2) is 4.98 Å². The van der Waals surface area contributed by atoms with E-state index in [0.29, 0.717) is 5.15 Å². The second-order valence-electron chi connectivity index (χ2n) is 3.96. The minimum atomic E-state index is 0.502. The summed E-state index contributed by atoms with van der Waals surface area (Å²) in [4.78, 5) is 7.59. The van der Waals surface area contributed by atoms with Crippen LogP contribution in [0, 0.1) is 6.92 Å². The molecular formula is C13H11ClN2O. The molecule has 4 heteroatoms. The maximum Gasteiger partial charge on any atom is 0.130 e. The topological polar surface area (TPSA) is 37.9 Å². The van der Waals surface area contributed by atoms with E-state index in [1.807, 2.05) is 31.2 Å². The van der Waals surface area contributed by atoms with Crippen molar-refractivity contribution in [1.82, 2.24) is 9.97 Å². The van der Waals surface area contributed by atoms with Crippen molar-refractivity contribution in [2.24, 2.45) is 0 Å². The fourth-order valence-electron chi connectivity index (χ4n) is 2.21. The van der Waals surface area contributed by atoms with Crippen LogP contribution in [0.5, 0.6) is 5.75 Å². The first-order valence-electron chi connectivity index (χ1n) is 5.32. The average Bonchev–Trinajstić information content (AvgIpc) is 2.68. The number of methoxy groups -OCH3 is 1. The molecule has 0 spiro atoms. The van der Waals surface area contributed by atoms with E-state index in [9.17, 15) is 0 Å². The Labute approximate surface area is 103 Å². The number of pyridine rings is 1. The van der Waals surface area contributed by atoms with Crippen molar-refractivity contribution in [1.29, 1.82) is 0 Å². The second-order valence-corrected chi connectivity index (χ2v) is 4.35. The molecule has 0 aliphatic carbocycles. The molecule has 2 heterocycles. The fraction of sp³-hybridized carbons (Fsp3) is 0.154. The van der Waals surface area contributed by atoms with Crippen LogP contribution in [0.25, 0.3) is 21.8 Å². The summed E-state index contributed by atoms with van der Waals surface area (Å²) in [6.45, 7) is 1.94. The smallest absolute Gasteiger partial charge is 0.130 e. The molecule has 86 valence electrons. The molecule has 1 N–H and O–H groups in total. The van der Waals surface area contributed by atoms with Crippen LogP contribution in [0.4, 0.5) is 0 Å². The number of halogens is 1. The number of aromatic nitrogens is 2. The van der Waals surface area contributed by atoms with Gasteiger partial charge < -0.3 is 9.72 Å². The molecule has 3 rings (SSSR count). The standard InChI is InChI=1S/C13H11ClN2O/c1-7-13-8(6-11(14)15-7)12-9(16-13)4-3-5-10(12)17-2/h3-6,16H,1-2H3. The Bertz CT molecular complexity index is 718. The Morgan fingerprint density at radius 3 is 2.94 bits per heavy atom. The number of hydrogen-bond acceptors (Lipinski definition) is 2. The largest absolute Gasteiger partial charge is 0.496 e. The number of H-pyrrole nitrogens is 1. The molecule has 2 aromatic heterocycles. The summed E-state index contributed by atoms with van der Waals surface area (Å²) in [5.74, 6) is 0.843. The van der Waals surface area contributed by atoms with E-state index in [-0.39, 0.29) is 0 Å². The first kappa shape index (κ1) is 10.4. The molecule has 3 nitrogen and oxygen atoms in total. The van der Waals surface area contributed by atoms with Crippen molar-refractivity contribution in [3.63, 3.8) is 0 Å². The zero-order valence-corrected chi connectivity index (χ0v) is 10.3. The summed E-state index contributed by atoms with van der Waals surface area (Å²) in [7, 11) is 1.67. The fourth-order valence-corrected chi connectivity index (χ4v) is 2.44. The zero-order chi connectivity index (χ0) is 12.0. The highest BCUT2D eigenvalue weighted by atomic mass is 35.5. The van der Waals surface area contributed by atoms with Crippen molar-refractivity contribution in [3.8, 4) is 5.75 Å². The molecule has 0 bridgehead atoms. The van der Waals surface area contributed by atoms with E-state index < -0.39 is 0 Å². The lowest BCUT2D eigenvalue weighted by molar-refractivity contribution is 0.420. The van der Waals surface area contributed by atoms with Crippen LogP contribution in [0.15, 0.2) is 24.3 Å². The summed E-state index contributed by atoms with van der Waals surface area (Å²) < 4.78 is 5.39. The predicted octanol–water partition coefficient (Wildman–Crippen LogP) is 3.69. The SMILES string of the molecule is COc1cccc2[nH]c3c(C)nc(Cl)cc3c12. The highest BCUT2D eigenvalue weighted by Crippen LogP contribution is 2.34. The molecule has 3 aromatic rings. The Morgan fingerprint density at radius 2 is 2.18 bits per heavy atom. The van der Waals surface area contributed by atoms with E-state index >= 15 is 0 Å². The Balaban J connectivity index is 2.57. The van der Waals surface area contributed by atoms with Crippen molar-refractivity contribution < 1.29 is 4.74 Å². The van der Waals surface area contributed by atoms with Crippen LogP contribution < -0.4 is 4.74 Å². The average molecular weight is 247 g/mol. The molecule has 0 radical (unpaired) electrons. The van der Waals surface area contributed by atoms with Gasteiger partial charge in [0.05, 0.1) is 23.8 Å². The van der Waals surface area contributed by atoms with Gasteiger partial charge in [0, 0.05) is 10.8 Å². The number of aromatic amines is 1. The number of aryl methyl sites for hydroxylation is 1. The molecular weight excluding hydrogens is 236 g/mol. The van der Waals surface area contributed by atoms with Gasteiger partial charge in [0.15, 0.2) is 0 Å². The molecule has 0 fully saturated rings. The monoisotopic (exact) mass is 246 g/mol. The van der Waals surface area contributed by atoms with Gasteiger partial charge >= 0.3 is 0 Å². The molecule has 0 unspecified atom stereocenters. The molecule has 0 aliphatic heterocycles. The number of fused-ring (bicyclic) bond motifs is 3. The molecule has 0 atom stereocenters. The highest BCUT2D eigenvalue weighted by Gasteiger charge is 2.11. The Morgan fingerprint density at radius 1 is 1.35 bits per heavy atom. The number of hydrogen-bond donors (Lipinski definition) is 1. The number of nitrogens with zero attached hydrogens (tertiary/aromatic N) is 1. The summed E-state index contributed by atoms with van der Waals surface area (Å²) in [6, 6.07) is 7.79. The van der Waals surface area contributed by atoms with Crippen LogP contribution in [0.1, 0.15) is 5.69 Å². The predicted molar refractivity (Wildman–Crippen MR) is 69.9 cm³/mol. The molecule has 1 aromatic carbocycles. The van der Waals surface area contributed by atoms with Gasteiger partial charge in [-0.05, 0) is 25.1 Å². The number of ether oxygens (including phenoxy) is 1. The van der Waals surface area contributed by atoms with Crippen LogP contribution >= 0.6 is 11.6 Å². The van der Waals surface area contributed by atoms with E-state index in [1.54, 1.807) is 7.11 Å². The number of benzene rings is 1. The highest BCUT2D eigenvalue weighted by molar-refractivity contribution is 6.30. The van der Waals surface area contributed by atoms with Gasteiger partial charge in [0.25, 0.3) is 0 Å². The first-order chi connectivity index (χ1) is 8.20. The molecule has 0 saturated heterocycles. The van der Waals surface area contributed by atoms with Crippen LogP contribution in [0.3, 0.4) is 0 Å². The van der Waals surface area contributed by atoms with Crippen molar-refractivity contribution in [2.75, 3.05) is 7.11 Å². The minimum absolute atomic E-state index is 0.502. The van der Waals surface area contributed by atoms with Gasteiger partial charge in [0.1, 0.15) is 10.9 Å². The Kier molecular flexibility index (Phi) is 2.23. The van der Waals surface area contributed by atoms with E-state index in [2.05, 4.69) is 9.97 Å². The van der Waals surface area contributed by atoms with E-state index in [1.165, 1.54) is 0 Å². The molecule has 0 aliphatic rings. The van der Waals surface area contributed by atoms with E-state index in [4.69, 9.17) is 16.3 Å². The lowest BCUT2D eigenvalue weighted by Gasteiger charge is -2.01. The summed E-state index contributed by atoms with van der Waals surface area (Å²) in [6.07, 6.45) is 0. The lowest BCUT2D eigenvalue weighted by Crippen LogP contribution is -1.84. The maximum atomic E-state index is 6.01. The van der Waals surface area contributed by atoms with Crippen molar-refractivity contribution >= 4 is 33.4 Å². The first-order valence-corrected chi connectivity index (χ1v) is 5.70. The number of rotatable bonds is 1. The minimum Gasteiger partial charge on any atom is -0.496 e. The molecule has 0 amide bonds. The second kappa shape index (κ2) is 3.64. The maximum absolute atomic E-state index is 6.01. The normalized spacial score (nSPS) is 11.2. The van der Waals surface area contributed by atoms with Gasteiger partial charge in [-0.2, -0.15) is 0 Å². The van der Waals surface area contributed by atoms with Crippen molar-refractivity contribution in [3.05, 3.63) is 35.1 Å². The van der Waals surface area contributed by atoms with Crippen LogP contribution in [-0.4, -0.2) is 17.1 Å². The van der Waals surface area contributed by atoms with Crippen LogP contribution in [0.2, 0.25) is 5.15 Å². The van der Waals surface area contributed by atoms with Gasteiger partial charge in [0.2, 0.25) is 0 Å². The zero-order valence-electron chi connectivity index (χ0n) is 9.54. The quantitative estimate of drug-likeness (QED) is 0.665. The van der Waals surface area contributed by atoms with Gasteiger partial charge in [-0.3, -0.25) is 0 Å². The van der Waals surface area contributed by atoms with Gasteiger partial charge in [-0.1, -0.05) is 17.7 Å².